The molecule has 166 valence electrons. The van der Waals surface area contributed by atoms with Crippen LogP contribution < -0.4 is 10.1 Å². The standard InChI is InChI=1S/C20H17F2N5O4S/c1-2-11-26-18(13-3-9-16(10-4-13)31-19(21)22)24-25-20(26)32-12-17(28)23-14-5-7-15(8-6-14)27(29)30/h2-10,19H,1,11-12H2,(H,23,28). The van der Waals surface area contributed by atoms with Gasteiger partial charge in [0.25, 0.3) is 5.69 Å². The highest BCUT2D eigenvalue weighted by molar-refractivity contribution is 7.99. The van der Waals surface area contributed by atoms with Crippen LogP contribution in [0.25, 0.3) is 11.4 Å². The molecule has 1 N–H and O–H groups in total. The second-order valence-corrected chi connectivity index (χ2v) is 7.19. The lowest BCUT2D eigenvalue weighted by atomic mass is 10.2. The first-order valence-corrected chi connectivity index (χ1v) is 10.1. The molecule has 32 heavy (non-hydrogen) atoms. The van der Waals surface area contributed by atoms with E-state index in [0.717, 1.165) is 11.8 Å². The number of halogens is 2. The average molecular weight is 461 g/mol. The Labute approximate surface area is 185 Å². The third-order valence-corrected chi connectivity index (χ3v) is 5.03. The lowest BCUT2D eigenvalue weighted by Crippen LogP contribution is -2.14. The third-order valence-electron chi connectivity index (χ3n) is 4.06. The summed E-state index contributed by atoms with van der Waals surface area (Å²) >= 11 is 1.15. The van der Waals surface area contributed by atoms with Crippen LogP contribution in [0, 0.1) is 10.1 Å². The highest BCUT2D eigenvalue weighted by atomic mass is 32.2. The Morgan fingerprint density at radius 1 is 1.22 bits per heavy atom. The number of hydrogen-bond acceptors (Lipinski definition) is 7. The fourth-order valence-electron chi connectivity index (χ4n) is 2.68. The molecule has 12 heteroatoms. The first-order valence-electron chi connectivity index (χ1n) is 9.14. The highest BCUT2D eigenvalue weighted by Crippen LogP contribution is 2.26. The zero-order chi connectivity index (χ0) is 23.1. The molecule has 0 bridgehead atoms. The predicted molar refractivity (Wildman–Crippen MR) is 115 cm³/mol. The van der Waals surface area contributed by atoms with E-state index in [1.54, 1.807) is 22.8 Å². The van der Waals surface area contributed by atoms with Crippen LogP contribution >= 0.6 is 11.8 Å². The Morgan fingerprint density at radius 2 is 1.91 bits per heavy atom. The number of carbonyl (C=O) groups is 1. The number of hydrogen-bond donors (Lipinski definition) is 1. The number of amides is 1. The quantitative estimate of drug-likeness (QED) is 0.206. The molecule has 1 aromatic heterocycles. The minimum absolute atomic E-state index is 0.0213. The van der Waals surface area contributed by atoms with Gasteiger partial charge in [0, 0.05) is 29.9 Å². The molecule has 0 fully saturated rings. The summed E-state index contributed by atoms with van der Waals surface area (Å²) in [6, 6.07) is 11.5. The second kappa shape index (κ2) is 10.5. The van der Waals surface area contributed by atoms with Gasteiger partial charge in [0.1, 0.15) is 5.75 Å². The van der Waals surface area contributed by atoms with Gasteiger partial charge in [-0.3, -0.25) is 19.5 Å². The SMILES string of the molecule is C=CCn1c(SCC(=O)Nc2ccc([N+](=O)[O-])cc2)nnc1-c1ccc(OC(F)F)cc1. The van der Waals surface area contributed by atoms with E-state index in [4.69, 9.17) is 0 Å². The molecule has 0 atom stereocenters. The van der Waals surface area contributed by atoms with Crippen molar-refractivity contribution in [2.75, 3.05) is 11.1 Å². The summed E-state index contributed by atoms with van der Waals surface area (Å²) in [5.41, 5.74) is 0.986. The molecule has 1 amide bonds. The molecule has 2 aromatic carbocycles. The largest absolute Gasteiger partial charge is 0.435 e. The normalized spacial score (nSPS) is 10.7. The number of allylic oxidation sites excluding steroid dienone is 1. The van der Waals surface area contributed by atoms with E-state index < -0.39 is 11.5 Å². The van der Waals surface area contributed by atoms with Crippen LogP contribution in [-0.2, 0) is 11.3 Å². The number of thioether (sulfide) groups is 1. The zero-order valence-electron chi connectivity index (χ0n) is 16.5. The van der Waals surface area contributed by atoms with E-state index in [0.29, 0.717) is 28.8 Å². The summed E-state index contributed by atoms with van der Waals surface area (Å²) in [6.45, 7) is 1.17. The van der Waals surface area contributed by atoms with Gasteiger partial charge in [-0.05, 0) is 36.4 Å². The molecule has 0 aliphatic rings. The molecule has 1 heterocycles. The summed E-state index contributed by atoms with van der Waals surface area (Å²) in [5.74, 6) is 0.197. The van der Waals surface area contributed by atoms with Crippen molar-refractivity contribution >= 4 is 29.0 Å². The first-order chi connectivity index (χ1) is 15.4. The van der Waals surface area contributed by atoms with E-state index in [2.05, 4.69) is 26.8 Å². The van der Waals surface area contributed by atoms with Gasteiger partial charge in [-0.25, -0.2) is 0 Å². The Balaban J connectivity index is 1.67. The summed E-state index contributed by atoms with van der Waals surface area (Å²) in [5, 5.41) is 22.1. The molecule has 0 saturated carbocycles. The Hall–Kier alpha value is -3.80. The lowest BCUT2D eigenvalue weighted by molar-refractivity contribution is -0.384. The first kappa shape index (κ1) is 22.9. The number of carbonyl (C=O) groups excluding carboxylic acids is 1. The Bertz CT molecular complexity index is 1100. The molecule has 0 spiro atoms. The van der Waals surface area contributed by atoms with E-state index in [1.165, 1.54) is 36.4 Å². The van der Waals surface area contributed by atoms with Gasteiger partial charge in [-0.1, -0.05) is 17.8 Å². The van der Waals surface area contributed by atoms with E-state index in [9.17, 15) is 23.7 Å². The van der Waals surface area contributed by atoms with Crippen molar-refractivity contribution in [1.82, 2.24) is 14.8 Å². The monoisotopic (exact) mass is 461 g/mol. The van der Waals surface area contributed by atoms with Crippen molar-refractivity contribution in [3.63, 3.8) is 0 Å². The van der Waals surface area contributed by atoms with Crippen molar-refractivity contribution in [1.29, 1.82) is 0 Å². The number of rotatable bonds is 10. The molecular formula is C20H17F2N5O4S. The molecule has 0 aliphatic carbocycles. The summed E-state index contributed by atoms with van der Waals surface area (Å²) < 4.78 is 30.7. The van der Waals surface area contributed by atoms with E-state index >= 15 is 0 Å². The number of nitrogens with one attached hydrogen (secondary N) is 1. The van der Waals surface area contributed by atoms with Gasteiger partial charge in [-0.2, -0.15) is 8.78 Å². The number of anilines is 1. The fraction of sp³-hybridized carbons (Fsp3) is 0.150. The Kier molecular flexibility index (Phi) is 7.49. The summed E-state index contributed by atoms with van der Waals surface area (Å²) in [7, 11) is 0. The molecule has 9 nitrogen and oxygen atoms in total. The zero-order valence-corrected chi connectivity index (χ0v) is 17.3. The smallest absolute Gasteiger partial charge is 0.387 e. The molecule has 0 radical (unpaired) electrons. The van der Waals surface area contributed by atoms with E-state index in [1.807, 2.05) is 0 Å². The van der Waals surface area contributed by atoms with Crippen LogP contribution in [0.3, 0.4) is 0 Å². The van der Waals surface area contributed by atoms with Gasteiger partial charge >= 0.3 is 6.61 Å². The molecule has 3 aromatic rings. The number of nitro groups is 1. The van der Waals surface area contributed by atoms with Crippen LogP contribution in [0.2, 0.25) is 0 Å². The van der Waals surface area contributed by atoms with Crippen LogP contribution in [0.4, 0.5) is 20.2 Å². The van der Waals surface area contributed by atoms with Crippen molar-refractivity contribution in [2.45, 2.75) is 18.3 Å². The fourth-order valence-corrected chi connectivity index (χ4v) is 3.43. The topological polar surface area (TPSA) is 112 Å². The number of ether oxygens (including phenoxy) is 1. The molecule has 3 rings (SSSR count). The van der Waals surface area contributed by atoms with Crippen LogP contribution in [-0.4, -0.2) is 38.0 Å². The molecular weight excluding hydrogens is 444 g/mol. The minimum atomic E-state index is -2.91. The van der Waals surface area contributed by atoms with Gasteiger partial charge in [0.15, 0.2) is 11.0 Å². The van der Waals surface area contributed by atoms with Crippen LogP contribution in [0.15, 0.2) is 66.3 Å². The summed E-state index contributed by atoms with van der Waals surface area (Å²) in [6.07, 6.45) is 1.64. The lowest BCUT2D eigenvalue weighted by Gasteiger charge is -2.09. The predicted octanol–water partition coefficient (Wildman–Crippen LogP) is 4.37. The number of nitrogens with zero attached hydrogens (tertiary/aromatic N) is 4. The maximum absolute atomic E-state index is 12.3. The summed E-state index contributed by atoms with van der Waals surface area (Å²) in [4.78, 5) is 22.4. The minimum Gasteiger partial charge on any atom is -0.435 e. The van der Waals surface area contributed by atoms with Crippen LogP contribution in [0.1, 0.15) is 0 Å². The Morgan fingerprint density at radius 3 is 2.50 bits per heavy atom. The number of benzene rings is 2. The van der Waals surface area contributed by atoms with Gasteiger partial charge < -0.3 is 10.1 Å². The maximum Gasteiger partial charge on any atom is 0.387 e. The number of non-ortho nitro benzene ring substituents is 1. The van der Waals surface area contributed by atoms with Crippen LogP contribution in [0.5, 0.6) is 5.75 Å². The number of alkyl halides is 2. The van der Waals surface area contributed by atoms with Crippen molar-refractivity contribution in [3.8, 4) is 17.1 Å². The molecule has 0 saturated heterocycles. The third kappa shape index (κ3) is 5.88. The van der Waals surface area contributed by atoms with Gasteiger partial charge in [0.05, 0.1) is 10.7 Å². The van der Waals surface area contributed by atoms with Crippen molar-refractivity contribution < 1.29 is 23.2 Å². The molecule has 0 unspecified atom stereocenters. The van der Waals surface area contributed by atoms with Crippen molar-refractivity contribution in [2.24, 2.45) is 0 Å². The molecule has 0 aliphatic heterocycles. The highest BCUT2D eigenvalue weighted by Gasteiger charge is 2.16. The second-order valence-electron chi connectivity index (χ2n) is 6.25. The van der Waals surface area contributed by atoms with Crippen molar-refractivity contribution in [3.05, 3.63) is 71.3 Å². The number of aromatic nitrogens is 3. The van der Waals surface area contributed by atoms with Gasteiger partial charge in [-0.15, -0.1) is 16.8 Å². The van der Waals surface area contributed by atoms with E-state index in [-0.39, 0.29) is 23.1 Å². The number of nitro benzene ring substituents is 1. The maximum atomic E-state index is 12.3. The van der Waals surface area contributed by atoms with Gasteiger partial charge in [0.2, 0.25) is 5.91 Å². The average Bonchev–Trinajstić information content (AvgIpc) is 3.15.